The van der Waals surface area contributed by atoms with Crippen molar-refractivity contribution in [3.8, 4) is 17.2 Å². The Balaban J connectivity index is 1.53. The van der Waals surface area contributed by atoms with E-state index >= 15 is 0 Å². The largest absolute Gasteiger partial charge is 0.492 e. The van der Waals surface area contributed by atoms with Crippen molar-refractivity contribution in [3.63, 3.8) is 0 Å². The van der Waals surface area contributed by atoms with Crippen LogP contribution in [-0.2, 0) is 6.42 Å². The van der Waals surface area contributed by atoms with Crippen LogP contribution in [-0.4, -0.2) is 43.3 Å². The molecule has 2 atom stereocenters. The summed E-state index contributed by atoms with van der Waals surface area (Å²) in [5.41, 5.74) is 5.72. The van der Waals surface area contributed by atoms with E-state index in [-0.39, 0.29) is 12.8 Å². The Bertz CT molecular complexity index is 930. The Morgan fingerprint density at radius 3 is 2.84 bits per heavy atom. The fraction of sp³-hybridized carbons (Fsp3) is 0.577. The van der Waals surface area contributed by atoms with Crippen molar-refractivity contribution in [1.82, 2.24) is 4.90 Å². The summed E-state index contributed by atoms with van der Waals surface area (Å²) in [4.78, 5) is 2.32. The third-order valence-corrected chi connectivity index (χ3v) is 7.07. The summed E-state index contributed by atoms with van der Waals surface area (Å²) in [5, 5.41) is 13.7. The molecule has 32 heavy (non-hydrogen) atoms. The molecule has 1 N–H and O–H groups in total. The summed E-state index contributed by atoms with van der Waals surface area (Å²) >= 11 is 0. The van der Waals surface area contributed by atoms with Crippen LogP contribution >= 0.6 is 0 Å². The average molecular weight is 441 g/mol. The molecule has 0 bridgehead atoms. The molecular weight excluding hydrogens is 404 g/mol. The van der Waals surface area contributed by atoms with Crippen LogP contribution in [0.15, 0.2) is 34.5 Å². The highest BCUT2D eigenvalue weighted by molar-refractivity contribution is 6.00. The second kappa shape index (κ2) is 9.99. The second-order valence-corrected chi connectivity index (χ2v) is 9.44. The van der Waals surface area contributed by atoms with E-state index in [0.717, 1.165) is 61.4 Å². The highest BCUT2D eigenvalue weighted by Crippen LogP contribution is 2.50. The summed E-state index contributed by atoms with van der Waals surface area (Å²) in [6, 6.07) is 2.15. The quantitative estimate of drug-likeness (QED) is 0.257. The topological polar surface area (TPSA) is 63.5 Å². The van der Waals surface area contributed by atoms with Gasteiger partial charge < -0.3 is 19.4 Å². The van der Waals surface area contributed by atoms with Crippen LogP contribution in [0.3, 0.4) is 0 Å². The molecule has 174 valence electrons. The van der Waals surface area contributed by atoms with Crippen molar-refractivity contribution in [2.45, 2.75) is 64.8 Å². The molecule has 0 aromatic heterocycles. The van der Waals surface area contributed by atoms with E-state index in [1.165, 1.54) is 23.1 Å². The lowest BCUT2D eigenvalue weighted by Gasteiger charge is -2.36. The Labute approximate surface area is 191 Å². The summed E-state index contributed by atoms with van der Waals surface area (Å²) in [6.45, 7) is 5.47. The Hall–Kier alpha value is -2.47. The number of fused-ring (bicyclic) bond motifs is 2. The first-order valence-corrected chi connectivity index (χ1v) is 11.7. The number of nitrogens with zero attached hydrogens (tertiary/aromatic N) is 2. The van der Waals surface area contributed by atoms with Gasteiger partial charge in [0.1, 0.15) is 0 Å². The monoisotopic (exact) mass is 440 g/mol. The number of methoxy groups -OCH3 is 1. The number of allylic oxidation sites excluding steroid dienone is 4. The highest BCUT2D eigenvalue weighted by atomic mass is 16.7. The first kappa shape index (κ1) is 22.7. The number of benzene rings is 1. The first-order valence-electron chi connectivity index (χ1n) is 11.7. The van der Waals surface area contributed by atoms with Gasteiger partial charge in [-0.3, -0.25) is 4.90 Å². The molecule has 2 heterocycles. The third-order valence-electron chi connectivity index (χ3n) is 7.07. The third kappa shape index (κ3) is 4.65. The Kier molecular flexibility index (Phi) is 7.09. The van der Waals surface area contributed by atoms with Crippen molar-refractivity contribution in [3.05, 3.63) is 40.5 Å². The highest BCUT2D eigenvalue weighted by Gasteiger charge is 2.35. The molecular formula is C26H36N2O4. The summed E-state index contributed by atoms with van der Waals surface area (Å²) in [5.74, 6) is 2.91. The summed E-state index contributed by atoms with van der Waals surface area (Å²) < 4.78 is 17.2. The predicted octanol–water partition coefficient (Wildman–Crippen LogP) is 5.65. The van der Waals surface area contributed by atoms with Crippen LogP contribution in [0.4, 0.5) is 0 Å². The second-order valence-electron chi connectivity index (χ2n) is 9.44. The van der Waals surface area contributed by atoms with Gasteiger partial charge in [-0.1, -0.05) is 22.9 Å². The number of hydrogen-bond acceptors (Lipinski definition) is 6. The maximum atomic E-state index is 9.94. The Morgan fingerprint density at radius 2 is 2.16 bits per heavy atom. The maximum Gasteiger partial charge on any atom is 0.231 e. The van der Waals surface area contributed by atoms with Crippen LogP contribution in [0.1, 0.15) is 69.5 Å². The molecule has 0 unspecified atom stereocenters. The van der Waals surface area contributed by atoms with Crippen molar-refractivity contribution in [2.24, 2.45) is 11.1 Å². The van der Waals surface area contributed by atoms with Gasteiger partial charge >= 0.3 is 0 Å². The van der Waals surface area contributed by atoms with Crippen molar-refractivity contribution >= 4 is 5.71 Å². The summed E-state index contributed by atoms with van der Waals surface area (Å²) in [6.07, 6.45) is 11.8. The van der Waals surface area contributed by atoms with Crippen LogP contribution in [0.2, 0.25) is 0 Å². The average Bonchev–Trinajstić information content (AvgIpc) is 3.26. The van der Waals surface area contributed by atoms with Gasteiger partial charge in [-0.2, -0.15) is 0 Å². The normalized spacial score (nSPS) is 22.9. The minimum Gasteiger partial charge on any atom is -0.492 e. The molecule has 6 nitrogen and oxygen atoms in total. The Morgan fingerprint density at radius 1 is 1.31 bits per heavy atom. The van der Waals surface area contributed by atoms with E-state index < -0.39 is 0 Å². The van der Waals surface area contributed by atoms with Gasteiger partial charge in [0, 0.05) is 24.6 Å². The van der Waals surface area contributed by atoms with E-state index in [1.807, 2.05) is 0 Å². The van der Waals surface area contributed by atoms with Gasteiger partial charge in [0.05, 0.1) is 12.8 Å². The van der Waals surface area contributed by atoms with Gasteiger partial charge in [0.2, 0.25) is 12.5 Å². The summed E-state index contributed by atoms with van der Waals surface area (Å²) in [7, 11) is 3.81. The molecule has 6 heteroatoms. The SMILES string of the molecule is COc1c2c(cc3c1[C@@H](C/C(=N/O)C1=CC[C@H](CCC=C(C)C)CC1)N(C)CC3)OCO2. The van der Waals surface area contributed by atoms with E-state index in [0.29, 0.717) is 18.1 Å². The van der Waals surface area contributed by atoms with Crippen molar-refractivity contribution in [2.75, 3.05) is 27.5 Å². The van der Waals surface area contributed by atoms with E-state index in [4.69, 9.17) is 14.2 Å². The van der Waals surface area contributed by atoms with Gasteiger partial charge in [0.25, 0.3) is 0 Å². The number of oxime groups is 1. The molecule has 4 rings (SSSR count). The molecule has 0 saturated carbocycles. The smallest absolute Gasteiger partial charge is 0.231 e. The molecule has 1 aromatic rings. The van der Waals surface area contributed by atoms with Crippen molar-refractivity contribution < 1.29 is 19.4 Å². The molecule has 2 aliphatic heterocycles. The molecule has 0 spiro atoms. The van der Waals surface area contributed by atoms with Crippen LogP contribution in [0.5, 0.6) is 17.2 Å². The van der Waals surface area contributed by atoms with E-state index in [9.17, 15) is 5.21 Å². The number of hydrogen-bond donors (Lipinski definition) is 1. The van der Waals surface area contributed by atoms with E-state index in [1.54, 1.807) is 7.11 Å². The van der Waals surface area contributed by atoms with Crippen LogP contribution < -0.4 is 14.2 Å². The predicted molar refractivity (Wildman–Crippen MR) is 126 cm³/mol. The lowest BCUT2D eigenvalue weighted by Crippen LogP contribution is -2.34. The lowest BCUT2D eigenvalue weighted by molar-refractivity contribution is 0.170. The minimum atomic E-state index is 0.0605. The fourth-order valence-corrected chi connectivity index (χ4v) is 5.22. The molecule has 0 radical (unpaired) electrons. The molecule has 1 aliphatic carbocycles. The zero-order chi connectivity index (χ0) is 22.7. The number of rotatable bonds is 7. The van der Waals surface area contributed by atoms with Crippen LogP contribution in [0.25, 0.3) is 0 Å². The molecule has 3 aliphatic rings. The number of ether oxygens (including phenoxy) is 3. The molecule has 0 fully saturated rings. The van der Waals surface area contributed by atoms with E-state index in [2.05, 4.69) is 49.2 Å². The number of likely N-dealkylation sites (N-methyl/N-ethyl adjacent to an activating group) is 1. The zero-order valence-electron chi connectivity index (χ0n) is 19.8. The van der Waals surface area contributed by atoms with Gasteiger partial charge in [0.15, 0.2) is 11.5 Å². The zero-order valence-corrected chi connectivity index (χ0v) is 19.8. The van der Waals surface area contributed by atoms with Crippen molar-refractivity contribution in [1.29, 1.82) is 0 Å². The maximum absolute atomic E-state index is 9.94. The molecule has 0 saturated heterocycles. The van der Waals surface area contributed by atoms with Crippen LogP contribution in [0, 0.1) is 5.92 Å². The minimum absolute atomic E-state index is 0.0605. The lowest BCUT2D eigenvalue weighted by atomic mass is 9.82. The fourth-order valence-electron chi connectivity index (χ4n) is 5.22. The van der Waals surface area contributed by atoms with Gasteiger partial charge in [-0.25, -0.2) is 0 Å². The van der Waals surface area contributed by atoms with Gasteiger partial charge in [-0.05, 0) is 82.5 Å². The standard InChI is InChI=1S/C26H36N2O4/c1-17(2)6-5-7-18-8-10-19(11-9-18)21(27-29)15-22-24-20(12-13-28(22)3)14-23-25(26(24)30-4)32-16-31-23/h6,10,14,18,22,29H,5,7-9,11-13,15-16H2,1-4H3/b27-21-/t18-,22+/m0/s1. The molecule has 0 amide bonds. The first-order chi connectivity index (χ1) is 15.5. The van der Waals surface area contributed by atoms with Gasteiger partial charge in [-0.15, -0.1) is 0 Å². The molecule has 1 aromatic carbocycles.